The van der Waals surface area contributed by atoms with E-state index in [0.29, 0.717) is 17.7 Å². The number of benzene rings is 1. The second-order valence-corrected chi connectivity index (χ2v) is 5.58. The minimum Gasteiger partial charge on any atom is -0.456 e. The van der Waals surface area contributed by atoms with E-state index in [9.17, 15) is 14.0 Å². The number of carbonyl (C=O) groups excluding carboxylic acids is 2. The Kier molecular flexibility index (Phi) is 5.66. The lowest BCUT2D eigenvalue weighted by Gasteiger charge is -2.07. The molecule has 0 aliphatic rings. The van der Waals surface area contributed by atoms with Crippen molar-refractivity contribution in [3.8, 4) is 0 Å². The Hall–Kier alpha value is -2.21. The van der Waals surface area contributed by atoms with Crippen LogP contribution in [0.15, 0.2) is 35.0 Å². The fourth-order valence-electron chi connectivity index (χ4n) is 1.77. The van der Waals surface area contributed by atoms with E-state index < -0.39 is 17.7 Å². The molecular formula is C16H16FNO3S. The first-order chi connectivity index (χ1) is 10.5. The summed E-state index contributed by atoms with van der Waals surface area (Å²) in [6.07, 6.45) is 0.816. The van der Waals surface area contributed by atoms with Crippen LogP contribution in [0.2, 0.25) is 0 Å². The van der Waals surface area contributed by atoms with Gasteiger partial charge in [0.05, 0.1) is 0 Å². The SMILES string of the molecule is Cc1ccc(NC(=O)COC(=O)CCc2ccsc2)cc1F. The summed E-state index contributed by atoms with van der Waals surface area (Å²) in [7, 11) is 0. The first kappa shape index (κ1) is 16.2. The minimum absolute atomic E-state index is 0.225. The van der Waals surface area contributed by atoms with Gasteiger partial charge in [-0.1, -0.05) is 6.07 Å². The fourth-order valence-corrected chi connectivity index (χ4v) is 2.47. The maximum atomic E-state index is 13.3. The number of hydrogen-bond donors (Lipinski definition) is 1. The maximum Gasteiger partial charge on any atom is 0.306 e. The Labute approximate surface area is 131 Å². The second-order valence-electron chi connectivity index (χ2n) is 4.80. The van der Waals surface area contributed by atoms with E-state index >= 15 is 0 Å². The van der Waals surface area contributed by atoms with Crippen molar-refractivity contribution in [1.29, 1.82) is 0 Å². The monoisotopic (exact) mass is 321 g/mol. The molecule has 0 fully saturated rings. The van der Waals surface area contributed by atoms with Crippen LogP contribution >= 0.6 is 11.3 Å². The highest BCUT2D eigenvalue weighted by Gasteiger charge is 2.09. The number of carbonyl (C=O) groups is 2. The molecule has 2 rings (SSSR count). The summed E-state index contributed by atoms with van der Waals surface area (Å²) in [4.78, 5) is 23.2. The molecule has 6 heteroatoms. The molecule has 1 aromatic carbocycles. The van der Waals surface area contributed by atoms with Gasteiger partial charge in [-0.25, -0.2) is 4.39 Å². The van der Waals surface area contributed by atoms with Gasteiger partial charge >= 0.3 is 5.97 Å². The normalized spacial score (nSPS) is 10.3. The Morgan fingerprint density at radius 3 is 2.82 bits per heavy atom. The number of anilines is 1. The third kappa shape index (κ3) is 4.96. The van der Waals surface area contributed by atoms with Crippen LogP contribution in [-0.4, -0.2) is 18.5 Å². The highest BCUT2D eigenvalue weighted by atomic mass is 32.1. The predicted molar refractivity (Wildman–Crippen MR) is 83.4 cm³/mol. The van der Waals surface area contributed by atoms with E-state index in [-0.39, 0.29) is 13.0 Å². The van der Waals surface area contributed by atoms with Crippen molar-refractivity contribution >= 4 is 28.9 Å². The molecule has 0 saturated heterocycles. The van der Waals surface area contributed by atoms with Gasteiger partial charge in [-0.15, -0.1) is 0 Å². The first-order valence-corrected chi connectivity index (χ1v) is 7.71. The predicted octanol–water partition coefficient (Wildman–Crippen LogP) is 3.31. The van der Waals surface area contributed by atoms with Crippen molar-refractivity contribution in [2.75, 3.05) is 11.9 Å². The fraction of sp³-hybridized carbons (Fsp3) is 0.250. The van der Waals surface area contributed by atoms with Crippen LogP contribution in [0.25, 0.3) is 0 Å². The molecule has 1 N–H and O–H groups in total. The average Bonchev–Trinajstić information content (AvgIpc) is 3.00. The molecule has 0 aliphatic heterocycles. The number of halogens is 1. The molecule has 0 unspecified atom stereocenters. The number of thiophene rings is 1. The molecule has 1 heterocycles. The van der Waals surface area contributed by atoms with Gasteiger partial charge in [-0.05, 0) is 53.4 Å². The lowest BCUT2D eigenvalue weighted by molar-refractivity contribution is -0.147. The van der Waals surface area contributed by atoms with Gasteiger partial charge in [0, 0.05) is 12.1 Å². The van der Waals surface area contributed by atoms with Gasteiger partial charge in [-0.3, -0.25) is 9.59 Å². The molecule has 4 nitrogen and oxygen atoms in total. The van der Waals surface area contributed by atoms with Gasteiger partial charge in [0.1, 0.15) is 5.82 Å². The van der Waals surface area contributed by atoms with Crippen LogP contribution in [0, 0.1) is 12.7 Å². The number of rotatable bonds is 6. The maximum absolute atomic E-state index is 13.3. The summed E-state index contributed by atoms with van der Waals surface area (Å²) in [5, 5.41) is 6.38. The molecule has 0 saturated carbocycles. The lowest BCUT2D eigenvalue weighted by atomic mass is 10.2. The van der Waals surface area contributed by atoms with Crippen molar-refractivity contribution in [1.82, 2.24) is 0 Å². The number of esters is 1. The van der Waals surface area contributed by atoms with E-state index in [0.717, 1.165) is 5.56 Å². The summed E-state index contributed by atoms with van der Waals surface area (Å²) in [6.45, 7) is 1.26. The van der Waals surface area contributed by atoms with Gasteiger partial charge in [-0.2, -0.15) is 11.3 Å². The molecule has 116 valence electrons. The van der Waals surface area contributed by atoms with E-state index in [1.807, 2.05) is 16.8 Å². The average molecular weight is 321 g/mol. The number of amides is 1. The van der Waals surface area contributed by atoms with Crippen molar-refractivity contribution < 1.29 is 18.7 Å². The summed E-state index contributed by atoms with van der Waals surface area (Å²) >= 11 is 1.57. The van der Waals surface area contributed by atoms with Crippen LogP contribution < -0.4 is 5.32 Å². The molecule has 0 bridgehead atoms. The third-order valence-electron chi connectivity index (χ3n) is 3.02. The van der Waals surface area contributed by atoms with E-state index in [2.05, 4.69) is 5.32 Å². The highest BCUT2D eigenvalue weighted by molar-refractivity contribution is 7.07. The minimum atomic E-state index is -0.493. The van der Waals surface area contributed by atoms with Crippen LogP contribution in [0.5, 0.6) is 0 Å². The molecular weight excluding hydrogens is 305 g/mol. The van der Waals surface area contributed by atoms with Gasteiger partial charge < -0.3 is 10.1 Å². The van der Waals surface area contributed by atoms with Crippen molar-refractivity contribution in [2.45, 2.75) is 19.8 Å². The van der Waals surface area contributed by atoms with Crippen LogP contribution in [0.4, 0.5) is 10.1 Å². The molecule has 2 aromatic rings. The van der Waals surface area contributed by atoms with Gasteiger partial charge in [0.15, 0.2) is 6.61 Å². The third-order valence-corrected chi connectivity index (χ3v) is 3.75. The molecule has 22 heavy (non-hydrogen) atoms. The molecule has 0 spiro atoms. The highest BCUT2D eigenvalue weighted by Crippen LogP contribution is 2.13. The quantitative estimate of drug-likeness (QED) is 0.831. The summed E-state index contributed by atoms with van der Waals surface area (Å²) < 4.78 is 18.2. The van der Waals surface area contributed by atoms with E-state index in [4.69, 9.17) is 4.74 Å². The standard InChI is InChI=1S/C16H16FNO3S/c1-11-2-4-13(8-14(11)17)18-15(19)9-21-16(20)5-3-12-6-7-22-10-12/h2,4,6-8,10H,3,5,9H2,1H3,(H,18,19). The lowest BCUT2D eigenvalue weighted by Crippen LogP contribution is -2.21. The number of aryl methyl sites for hydroxylation is 2. The van der Waals surface area contributed by atoms with Gasteiger partial charge in [0.2, 0.25) is 0 Å². The Balaban J connectivity index is 1.72. The van der Waals surface area contributed by atoms with Crippen LogP contribution in [-0.2, 0) is 20.7 Å². The van der Waals surface area contributed by atoms with Crippen molar-refractivity contribution in [2.24, 2.45) is 0 Å². The van der Waals surface area contributed by atoms with E-state index in [1.54, 1.807) is 30.4 Å². The topological polar surface area (TPSA) is 55.4 Å². The zero-order valence-corrected chi connectivity index (χ0v) is 12.9. The Morgan fingerprint density at radius 1 is 1.32 bits per heavy atom. The second kappa shape index (κ2) is 7.70. The molecule has 0 atom stereocenters. The largest absolute Gasteiger partial charge is 0.456 e. The zero-order valence-electron chi connectivity index (χ0n) is 12.1. The Morgan fingerprint density at radius 2 is 2.14 bits per heavy atom. The van der Waals surface area contributed by atoms with Crippen molar-refractivity contribution in [3.05, 3.63) is 52.0 Å². The van der Waals surface area contributed by atoms with E-state index in [1.165, 1.54) is 6.07 Å². The first-order valence-electron chi connectivity index (χ1n) is 6.77. The molecule has 0 radical (unpaired) electrons. The number of hydrogen-bond acceptors (Lipinski definition) is 4. The van der Waals surface area contributed by atoms with Crippen LogP contribution in [0.1, 0.15) is 17.5 Å². The smallest absolute Gasteiger partial charge is 0.306 e. The molecule has 1 aromatic heterocycles. The zero-order chi connectivity index (χ0) is 15.9. The van der Waals surface area contributed by atoms with Crippen LogP contribution in [0.3, 0.4) is 0 Å². The Bertz CT molecular complexity index is 655. The summed E-state index contributed by atoms with van der Waals surface area (Å²) in [5.41, 5.74) is 1.90. The number of ether oxygens (including phenoxy) is 1. The van der Waals surface area contributed by atoms with Crippen molar-refractivity contribution in [3.63, 3.8) is 0 Å². The summed E-state index contributed by atoms with van der Waals surface area (Å²) in [5.74, 6) is -1.32. The number of nitrogens with one attached hydrogen (secondary N) is 1. The van der Waals surface area contributed by atoms with Gasteiger partial charge in [0.25, 0.3) is 5.91 Å². The molecule has 1 amide bonds. The molecule has 0 aliphatic carbocycles. The summed E-state index contributed by atoms with van der Waals surface area (Å²) in [6, 6.07) is 6.33.